The minimum Gasteiger partial charge on any atom is -0.396 e. The number of hydrogen-bond acceptors (Lipinski definition) is 6. The molecule has 0 bridgehead atoms. The van der Waals surface area contributed by atoms with Gasteiger partial charge in [0, 0.05) is 30.8 Å². The molecule has 3 rings (SSSR count). The molecule has 1 aliphatic heterocycles. The second-order valence-corrected chi connectivity index (χ2v) is 4.84. The van der Waals surface area contributed by atoms with Gasteiger partial charge in [-0.25, -0.2) is 18.4 Å². The lowest BCUT2D eigenvalue weighted by Crippen LogP contribution is -2.25. The Balaban J connectivity index is 1.92. The molecule has 102 valence electrons. The van der Waals surface area contributed by atoms with Crippen molar-refractivity contribution in [1.29, 1.82) is 0 Å². The molecule has 19 heavy (non-hydrogen) atoms. The number of halogens is 2. The Kier molecular flexibility index (Phi) is 2.63. The van der Waals surface area contributed by atoms with Gasteiger partial charge in [0.25, 0.3) is 5.92 Å². The number of fused-ring (bicyclic) bond motifs is 1. The van der Waals surface area contributed by atoms with Crippen molar-refractivity contribution in [3.05, 3.63) is 11.3 Å². The van der Waals surface area contributed by atoms with Gasteiger partial charge >= 0.3 is 0 Å². The Morgan fingerprint density at radius 1 is 1.42 bits per heavy atom. The molecule has 2 aromatic heterocycles. The molecule has 2 aromatic rings. The first-order chi connectivity index (χ1) is 8.96. The summed E-state index contributed by atoms with van der Waals surface area (Å²) in [5.74, 6) is -2.62. The second kappa shape index (κ2) is 4.09. The predicted molar refractivity (Wildman–Crippen MR) is 63.6 cm³/mol. The van der Waals surface area contributed by atoms with Crippen LogP contribution in [0.3, 0.4) is 0 Å². The highest BCUT2D eigenvalue weighted by Gasteiger charge is 2.38. The largest absolute Gasteiger partial charge is 0.396 e. The molecule has 0 amide bonds. The van der Waals surface area contributed by atoms with E-state index >= 15 is 0 Å². The summed E-state index contributed by atoms with van der Waals surface area (Å²) in [6, 6.07) is 0. The fraction of sp³-hybridized carbons (Fsp3) is 0.545. The summed E-state index contributed by atoms with van der Waals surface area (Å²) in [5.41, 5.74) is 8.49. The SMILES string of the molecule is Cc1nc2nonc2c(N)c1CN1CCC(F)(F)C1. The lowest BCUT2D eigenvalue weighted by atomic mass is 10.1. The second-order valence-electron chi connectivity index (χ2n) is 4.84. The maximum atomic E-state index is 13.2. The van der Waals surface area contributed by atoms with E-state index in [0.29, 0.717) is 41.2 Å². The number of alkyl halides is 2. The standard InChI is InChI=1S/C11H13F2N5O/c1-6-7(4-18-3-2-11(12,13)5-18)8(14)9-10(15-6)17-19-16-9/h2-5,14H2,1H3. The van der Waals surface area contributed by atoms with Crippen LogP contribution in [0.15, 0.2) is 4.63 Å². The molecule has 0 unspecified atom stereocenters. The molecule has 2 N–H and O–H groups in total. The monoisotopic (exact) mass is 269 g/mol. The maximum absolute atomic E-state index is 13.2. The minimum absolute atomic E-state index is 0.118. The van der Waals surface area contributed by atoms with Crippen LogP contribution >= 0.6 is 0 Å². The number of nitrogens with two attached hydrogens (primary N) is 1. The van der Waals surface area contributed by atoms with E-state index in [1.165, 1.54) is 0 Å². The van der Waals surface area contributed by atoms with E-state index < -0.39 is 5.92 Å². The molecular formula is C11H13F2N5O. The summed E-state index contributed by atoms with van der Waals surface area (Å²) in [5, 5.41) is 7.31. The van der Waals surface area contributed by atoms with Crippen LogP contribution in [0.2, 0.25) is 0 Å². The van der Waals surface area contributed by atoms with Crippen LogP contribution in [0, 0.1) is 6.92 Å². The van der Waals surface area contributed by atoms with E-state index in [9.17, 15) is 8.78 Å². The van der Waals surface area contributed by atoms with E-state index in [-0.39, 0.29) is 13.0 Å². The summed E-state index contributed by atoms with van der Waals surface area (Å²) in [4.78, 5) is 5.88. The number of nitrogens with zero attached hydrogens (tertiary/aromatic N) is 4. The molecule has 1 aliphatic rings. The third-order valence-corrected chi connectivity index (χ3v) is 3.39. The highest BCUT2D eigenvalue weighted by Crippen LogP contribution is 2.30. The van der Waals surface area contributed by atoms with Crippen LogP contribution in [-0.2, 0) is 6.54 Å². The summed E-state index contributed by atoms with van der Waals surface area (Å²) in [6.45, 7) is 2.21. The lowest BCUT2D eigenvalue weighted by molar-refractivity contribution is 0.0115. The number of rotatable bonds is 2. The fourth-order valence-corrected chi connectivity index (χ4v) is 2.36. The zero-order chi connectivity index (χ0) is 13.6. The van der Waals surface area contributed by atoms with Gasteiger partial charge in [0.05, 0.1) is 12.2 Å². The minimum atomic E-state index is -2.62. The quantitative estimate of drug-likeness (QED) is 0.886. The number of hydrogen-bond donors (Lipinski definition) is 1. The third-order valence-electron chi connectivity index (χ3n) is 3.39. The first-order valence-electron chi connectivity index (χ1n) is 5.94. The Morgan fingerprint density at radius 2 is 2.21 bits per heavy atom. The molecule has 0 atom stereocenters. The zero-order valence-corrected chi connectivity index (χ0v) is 10.4. The van der Waals surface area contributed by atoms with Gasteiger partial charge < -0.3 is 5.73 Å². The van der Waals surface area contributed by atoms with Crippen molar-refractivity contribution in [1.82, 2.24) is 20.2 Å². The smallest absolute Gasteiger partial charge is 0.261 e. The number of aryl methyl sites for hydroxylation is 1. The Bertz CT molecular complexity index is 627. The van der Waals surface area contributed by atoms with Crippen LogP contribution < -0.4 is 5.73 Å². The molecule has 0 aromatic carbocycles. The van der Waals surface area contributed by atoms with Gasteiger partial charge in [0.15, 0.2) is 5.52 Å². The van der Waals surface area contributed by atoms with E-state index in [0.717, 1.165) is 0 Å². The molecule has 0 radical (unpaired) electrons. The van der Waals surface area contributed by atoms with Gasteiger partial charge in [-0.1, -0.05) is 0 Å². The van der Waals surface area contributed by atoms with Crippen molar-refractivity contribution in [2.75, 3.05) is 18.8 Å². The Morgan fingerprint density at radius 3 is 2.89 bits per heavy atom. The normalized spacial score (nSPS) is 19.3. The molecule has 0 saturated carbocycles. The van der Waals surface area contributed by atoms with Crippen molar-refractivity contribution in [3.8, 4) is 0 Å². The zero-order valence-electron chi connectivity index (χ0n) is 10.4. The average Bonchev–Trinajstić information content (AvgIpc) is 2.91. The topological polar surface area (TPSA) is 81.1 Å². The number of nitrogen functional groups attached to an aromatic ring is 1. The van der Waals surface area contributed by atoms with Crippen LogP contribution in [-0.4, -0.2) is 39.2 Å². The molecule has 1 fully saturated rings. The Hall–Kier alpha value is -1.83. The Labute approximate surface area is 107 Å². The van der Waals surface area contributed by atoms with Gasteiger partial charge in [0.1, 0.15) is 0 Å². The molecule has 0 spiro atoms. The van der Waals surface area contributed by atoms with Crippen LogP contribution in [0.25, 0.3) is 11.2 Å². The lowest BCUT2D eigenvalue weighted by Gasteiger charge is -2.17. The van der Waals surface area contributed by atoms with Crippen LogP contribution in [0.4, 0.5) is 14.5 Å². The van der Waals surface area contributed by atoms with Crippen molar-refractivity contribution in [2.24, 2.45) is 0 Å². The molecule has 6 nitrogen and oxygen atoms in total. The fourth-order valence-electron chi connectivity index (χ4n) is 2.36. The van der Waals surface area contributed by atoms with Crippen molar-refractivity contribution >= 4 is 16.9 Å². The van der Waals surface area contributed by atoms with E-state index in [1.54, 1.807) is 11.8 Å². The van der Waals surface area contributed by atoms with Crippen molar-refractivity contribution in [2.45, 2.75) is 25.8 Å². The van der Waals surface area contributed by atoms with Gasteiger partial charge in [-0.2, -0.15) is 0 Å². The van der Waals surface area contributed by atoms with Gasteiger partial charge in [-0.3, -0.25) is 4.90 Å². The van der Waals surface area contributed by atoms with Crippen LogP contribution in [0.5, 0.6) is 0 Å². The third kappa shape index (κ3) is 2.12. The summed E-state index contributed by atoms with van der Waals surface area (Å²) >= 11 is 0. The number of aromatic nitrogens is 3. The van der Waals surface area contributed by atoms with Crippen LogP contribution in [0.1, 0.15) is 17.7 Å². The first kappa shape index (κ1) is 12.2. The molecule has 1 saturated heterocycles. The first-order valence-corrected chi connectivity index (χ1v) is 5.94. The van der Waals surface area contributed by atoms with Crippen molar-refractivity contribution < 1.29 is 13.4 Å². The average molecular weight is 269 g/mol. The van der Waals surface area contributed by atoms with Crippen molar-refractivity contribution in [3.63, 3.8) is 0 Å². The molecule has 8 heteroatoms. The predicted octanol–water partition coefficient (Wildman–Crippen LogP) is 1.35. The highest BCUT2D eigenvalue weighted by molar-refractivity contribution is 5.85. The molecule has 3 heterocycles. The number of anilines is 1. The maximum Gasteiger partial charge on any atom is 0.261 e. The van der Waals surface area contributed by atoms with E-state index in [4.69, 9.17) is 5.73 Å². The van der Waals surface area contributed by atoms with E-state index in [1.807, 2.05) is 0 Å². The summed E-state index contributed by atoms with van der Waals surface area (Å²) < 4.78 is 30.9. The van der Waals surface area contributed by atoms with Gasteiger partial charge in [-0.15, -0.1) is 0 Å². The summed E-state index contributed by atoms with van der Waals surface area (Å²) in [7, 11) is 0. The highest BCUT2D eigenvalue weighted by atomic mass is 19.3. The number of likely N-dealkylation sites (tertiary alicyclic amines) is 1. The number of pyridine rings is 1. The molecule has 0 aliphatic carbocycles. The van der Waals surface area contributed by atoms with E-state index in [2.05, 4.69) is 19.9 Å². The summed E-state index contributed by atoms with van der Waals surface area (Å²) in [6.07, 6.45) is -0.118. The van der Waals surface area contributed by atoms with Gasteiger partial charge in [0.2, 0.25) is 5.65 Å². The molecular weight excluding hydrogens is 256 g/mol. The van der Waals surface area contributed by atoms with Gasteiger partial charge in [-0.05, 0) is 17.2 Å².